The first-order chi connectivity index (χ1) is 8.58. The van der Waals surface area contributed by atoms with E-state index in [2.05, 4.69) is 5.32 Å². The molecular weight excluding hydrogens is 250 g/mol. The maximum atomic E-state index is 11.1. The molecule has 0 heterocycles. The van der Waals surface area contributed by atoms with Crippen molar-refractivity contribution < 1.29 is 9.90 Å². The standard InChI is InChI=1S/C14H12ClNO2/c1-9-6-7-11(15)13(8-9)16-12-5-3-2-4-10(12)14(17)18/h2-8,16H,1H3,(H,17,18). The first kappa shape index (κ1) is 12.5. The van der Waals surface area contributed by atoms with Crippen LogP contribution < -0.4 is 5.32 Å². The Kier molecular flexibility index (Phi) is 3.53. The third kappa shape index (κ3) is 2.63. The zero-order chi connectivity index (χ0) is 13.1. The molecule has 2 aromatic rings. The van der Waals surface area contributed by atoms with Gasteiger partial charge in [-0.25, -0.2) is 4.79 Å². The smallest absolute Gasteiger partial charge is 0.337 e. The Morgan fingerprint density at radius 3 is 2.61 bits per heavy atom. The molecule has 18 heavy (non-hydrogen) atoms. The molecule has 0 saturated heterocycles. The van der Waals surface area contributed by atoms with Crippen LogP contribution in [0.5, 0.6) is 0 Å². The Labute approximate surface area is 110 Å². The third-order valence-electron chi connectivity index (χ3n) is 2.55. The zero-order valence-electron chi connectivity index (χ0n) is 9.77. The monoisotopic (exact) mass is 261 g/mol. The quantitative estimate of drug-likeness (QED) is 0.875. The van der Waals surface area contributed by atoms with Gasteiger partial charge in [-0.2, -0.15) is 0 Å². The molecule has 3 nitrogen and oxygen atoms in total. The second-order valence-electron chi connectivity index (χ2n) is 3.96. The van der Waals surface area contributed by atoms with Gasteiger partial charge in [-0.3, -0.25) is 0 Å². The molecule has 0 aliphatic heterocycles. The Balaban J connectivity index is 2.40. The number of carboxylic acid groups (broad SMARTS) is 1. The van der Waals surface area contributed by atoms with Crippen molar-refractivity contribution in [2.24, 2.45) is 0 Å². The lowest BCUT2D eigenvalue weighted by atomic mass is 10.1. The average Bonchev–Trinajstić information content (AvgIpc) is 2.34. The molecule has 0 bridgehead atoms. The van der Waals surface area contributed by atoms with Crippen molar-refractivity contribution in [3.05, 3.63) is 58.6 Å². The van der Waals surface area contributed by atoms with Gasteiger partial charge >= 0.3 is 5.97 Å². The predicted octanol–water partition coefficient (Wildman–Crippen LogP) is 4.09. The molecule has 0 fully saturated rings. The van der Waals surface area contributed by atoms with Crippen LogP contribution >= 0.6 is 11.6 Å². The number of hydrogen-bond acceptors (Lipinski definition) is 2. The summed E-state index contributed by atoms with van der Waals surface area (Å²) >= 11 is 6.07. The second kappa shape index (κ2) is 5.10. The van der Waals surface area contributed by atoms with Crippen LogP contribution in [0.3, 0.4) is 0 Å². The van der Waals surface area contributed by atoms with E-state index in [1.165, 1.54) is 0 Å². The Bertz CT molecular complexity index is 596. The predicted molar refractivity (Wildman–Crippen MR) is 72.9 cm³/mol. The lowest BCUT2D eigenvalue weighted by Gasteiger charge is -2.11. The number of carbonyl (C=O) groups is 1. The van der Waals surface area contributed by atoms with Gasteiger partial charge in [0.25, 0.3) is 0 Å². The molecule has 0 aliphatic carbocycles. The average molecular weight is 262 g/mol. The number of aryl methyl sites for hydroxylation is 1. The number of para-hydroxylation sites is 1. The summed E-state index contributed by atoms with van der Waals surface area (Å²) in [6.45, 7) is 1.95. The summed E-state index contributed by atoms with van der Waals surface area (Å²) in [5.41, 5.74) is 2.49. The summed E-state index contributed by atoms with van der Waals surface area (Å²) < 4.78 is 0. The molecule has 0 atom stereocenters. The van der Waals surface area contributed by atoms with Gasteiger partial charge in [0, 0.05) is 0 Å². The van der Waals surface area contributed by atoms with E-state index >= 15 is 0 Å². The third-order valence-corrected chi connectivity index (χ3v) is 2.88. The minimum atomic E-state index is -0.970. The topological polar surface area (TPSA) is 49.3 Å². The fourth-order valence-electron chi connectivity index (χ4n) is 1.66. The SMILES string of the molecule is Cc1ccc(Cl)c(Nc2ccccc2C(=O)O)c1. The highest BCUT2D eigenvalue weighted by Crippen LogP contribution is 2.28. The zero-order valence-corrected chi connectivity index (χ0v) is 10.5. The van der Waals surface area contributed by atoms with E-state index in [1.54, 1.807) is 30.3 Å². The highest BCUT2D eigenvalue weighted by molar-refractivity contribution is 6.33. The highest BCUT2D eigenvalue weighted by atomic mass is 35.5. The largest absolute Gasteiger partial charge is 0.478 e. The minimum absolute atomic E-state index is 0.218. The molecule has 92 valence electrons. The number of halogens is 1. The van der Waals surface area contributed by atoms with Gasteiger partial charge in [0.1, 0.15) is 0 Å². The van der Waals surface area contributed by atoms with Crippen LogP contribution in [0.1, 0.15) is 15.9 Å². The number of carboxylic acids is 1. The molecule has 0 amide bonds. The maximum absolute atomic E-state index is 11.1. The molecule has 2 N–H and O–H groups in total. The van der Waals surface area contributed by atoms with Crippen molar-refractivity contribution in [3.8, 4) is 0 Å². The lowest BCUT2D eigenvalue weighted by molar-refractivity contribution is 0.0698. The van der Waals surface area contributed by atoms with Gasteiger partial charge in [-0.1, -0.05) is 29.8 Å². The second-order valence-corrected chi connectivity index (χ2v) is 4.37. The van der Waals surface area contributed by atoms with Gasteiger partial charge in [0.2, 0.25) is 0 Å². The van der Waals surface area contributed by atoms with Crippen LogP contribution in [-0.4, -0.2) is 11.1 Å². The fraction of sp³-hybridized carbons (Fsp3) is 0.0714. The molecule has 2 rings (SSSR count). The Hall–Kier alpha value is -2.00. The van der Waals surface area contributed by atoms with Gasteiger partial charge in [0.05, 0.1) is 22.0 Å². The molecule has 0 saturated carbocycles. The number of rotatable bonds is 3. The summed E-state index contributed by atoms with van der Waals surface area (Å²) in [6.07, 6.45) is 0. The Morgan fingerprint density at radius 1 is 1.17 bits per heavy atom. The summed E-state index contributed by atoms with van der Waals surface area (Å²) in [6, 6.07) is 12.3. The van der Waals surface area contributed by atoms with Gasteiger partial charge in [-0.15, -0.1) is 0 Å². The van der Waals surface area contributed by atoms with Crippen LogP contribution in [-0.2, 0) is 0 Å². The molecular formula is C14H12ClNO2. The van der Waals surface area contributed by atoms with Crippen molar-refractivity contribution in [3.63, 3.8) is 0 Å². The minimum Gasteiger partial charge on any atom is -0.478 e. The van der Waals surface area contributed by atoms with Crippen molar-refractivity contribution in [2.75, 3.05) is 5.32 Å². The van der Waals surface area contributed by atoms with E-state index in [-0.39, 0.29) is 5.56 Å². The van der Waals surface area contributed by atoms with Crippen molar-refractivity contribution in [2.45, 2.75) is 6.92 Å². The highest BCUT2D eigenvalue weighted by Gasteiger charge is 2.10. The van der Waals surface area contributed by atoms with Crippen molar-refractivity contribution in [1.82, 2.24) is 0 Å². The number of anilines is 2. The van der Waals surface area contributed by atoms with Crippen LogP contribution in [0.4, 0.5) is 11.4 Å². The first-order valence-electron chi connectivity index (χ1n) is 5.43. The van der Waals surface area contributed by atoms with Crippen LogP contribution in [0.2, 0.25) is 5.02 Å². The van der Waals surface area contributed by atoms with Crippen LogP contribution in [0.25, 0.3) is 0 Å². The number of benzene rings is 2. The number of nitrogens with one attached hydrogen (secondary N) is 1. The van der Waals surface area contributed by atoms with Crippen molar-refractivity contribution in [1.29, 1.82) is 0 Å². The van der Waals surface area contributed by atoms with Gasteiger partial charge in [-0.05, 0) is 36.8 Å². The van der Waals surface area contributed by atoms with Gasteiger partial charge in [0.15, 0.2) is 0 Å². The molecule has 0 unspecified atom stereocenters. The van der Waals surface area contributed by atoms with E-state index in [0.717, 1.165) is 5.56 Å². The molecule has 0 radical (unpaired) electrons. The first-order valence-corrected chi connectivity index (χ1v) is 5.81. The molecule has 0 aromatic heterocycles. The maximum Gasteiger partial charge on any atom is 0.337 e. The summed E-state index contributed by atoms with van der Waals surface area (Å²) in [5, 5.41) is 12.7. The van der Waals surface area contributed by atoms with Crippen LogP contribution in [0.15, 0.2) is 42.5 Å². The molecule has 0 spiro atoms. The van der Waals surface area contributed by atoms with E-state index in [1.807, 2.05) is 19.1 Å². The van der Waals surface area contributed by atoms with E-state index in [0.29, 0.717) is 16.4 Å². The Morgan fingerprint density at radius 2 is 1.89 bits per heavy atom. The van der Waals surface area contributed by atoms with Crippen LogP contribution in [0, 0.1) is 6.92 Å². The molecule has 0 aliphatic rings. The normalized spacial score (nSPS) is 10.1. The van der Waals surface area contributed by atoms with E-state index in [9.17, 15) is 4.79 Å². The summed E-state index contributed by atoms with van der Waals surface area (Å²) in [4.78, 5) is 11.1. The van der Waals surface area contributed by atoms with E-state index < -0.39 is 5.97 Å². The summed E-state index contributed by atoms with van der Waals surface area (Å²) in [7, 11) is 0. The van der Waals surface area contributed by atoms with Crippen molar-refractivity contribution >= 4 is 28.9 Å². The number of aromatic carboxylic acids is 1. The van der Waals surface area contributed by atoms with E-state index in [4.69, 9.17) is 16.7 Å². The number of hydrogen-bond donors (Lipinski definition) is 2. The lowest BCUT2D eigenvalue weighted by Crippen LogP contribution is -2.02. The molecule has 2 aromatic carbocycles. The molecule has 4 heteroatoms. The van der Waals surface area contributed by atoms with Gasteiger partial charge < -0.3 is 10.4 Å². The summed E-state index contributed by atoms with van der Waals surface area (Å²) in [5.74, 6) is -0.970. The fourth-order valence-corrected chi connectivity index (χ4v) is 1.82.